The van der Waals surface area contributed by atoms with Crippen LogP contribution in [0, 0.1) is 0 Å². The van der Waals surface area contributed by atoms with Crippen LogP contribution in [0.3, 0.4) is 0 Å². The van der Waals surface area contributed by atoms with Gasteiger partial charge in [0.1, 0.15) is 5.76 Å². The van der Waals surface area contributed by atoms with Crippen LogP contribution in [-0.4, -0.2) is 54.0 Å². The quantitative estimate of drug-likeness (QED) is 0.233. The molecular weight excluding hydrogens is 464 g/mol. The van der Waals surface area contributed by atoms with Crippen molar-refractivity contribution in [3.8, 4) is 11.5 Å². The summed E-state index contributed by atoms with van der Waals surface area (Å²) < 4.78 is 15.3. The summed E-state index contributed by atoms with van der Waals surface area (Å²) in [5, 5.41) is 11.3. The molecule has 1 aliphatic heterocycles. The van der Waals surface area contributed by atoms with E-state index < -0.39 is 23.7 Å². The molecule has 1 atom stereocenters. The summed E-state index contributed by atoms with van der Waals surface area (Å²) in [6.45, 7) is 0.110. The Bertz CT molecular complexity index is 1330. The van der Waals surface area contributed by atoms with E-state index in [1.54, 1.807) is 60.9 Å². The Kier molecular flexibility index (Phi) is 7.00. The number of hydrogen-bond acceptors (Lipinski definition) is 8. The number of rotatable bonds is 7. The van der Waals surface area contributed by atoms with Crippen molar-refractivity contribution in [2.24, 2.45) is 0 Å². The lowest BCUT2D eigenvalue weighted by Gasteiger charge is -2.25. The van der Waals surface area contributed by atoms with Crippen molar-refractivity contribution in [1.29, 1.82) is 0 Å². The molecule has 0 spiro atoms. The van der Waals surface area contributed by atoms with Crippen LogP contribution in [0.2, 0.25) is 0 Å². The minimum atomic E-state index is -0.905. The number of carbonyl (C=O) groups is 3. The molecule has 36 heavy (non-hydrogen) atoms. The van der Waals surface area contributed by atoms with Crippen LogP contribution in [0.5, 0.6) is 11.5 Å². The number of Topliss-reactive ketones (excluding diaryl/α,β-unsaturated/α-hetero) is 1. The molecule has 2 aromatic carbocycles. The average molecular weight is 488 g/mol. The first-order chi connectivity index (χ1) is 17.4. The molecule has 0 radical (unpaired) electrons. The van der Waals surface area contributed by atoms with Gasteiger partial charge in [0.2, 0.25) is 0 Å². The van der Waals surface area contributed by atoms with E-state index in [2.05, 4.69) is 4.98 Å². The van der Waals surface area contributed by atoms with Crippen LogP contribution in [0.15, 0.2) is 72.6 Å². The summed E-state index contributed by atoms with van der Waals surface area (Å²) in [6.07, 6.45) is 3.19. The summed E-state index contributed by atoms with van der Waals surface area (Å²) in [6, 6.07) is 13.6. The maximum absolute atomic E-state index is 13.3. The standard InChI is InChI=1S/C27H24N2O7/c1-34-20-9-8-19(14-21(20)35-2)24(30)22-23(17-4-6-18(7-5-17)27(33)36-3)29(26(32)25(22)31)15-16-10-12-28-13-11-16/h4-14,23,30H,15H2,1-3H3/t23-/m0/s1. The van der Waals surface area contributed by atoms with Gasteiger partial charge in [-0.05, 0) is 53.6 Å². The fourth-order valence-electron chi connectivity index (χ4n) is 4.13. The molecule has 2 heterocycles. The third-order valence-corrected chi connectivity index (χ3v) is 5.95. The average Bonchev–Trinajstić information content (AvgIpc) is 3.17. The molecule has 1 N–H and O–H groups in total. The number of esters is 1. The second kappa shape index (κ2) is 10.3. The lowest BCUT2D eigenvalue weighted by atomic mass is 9.94. The Hall–Kier alpha value is -4.66. The molecule has 184 valence electrons. The number of aliphatic hydroxyl groups excluding tert-OH is 1. The zero-order chi connectivity index (χ0) is 25.8. The minimum Gasteiger partial charge on any atom is -0.507 e. The van der Waals surface area contributed by atoms with E-state index >= 15 is 0 Å². The predicted molar refractivity (Wildman–Crippen MR) is 129 cm³/mol. The number of likely N-dealkylation sites (tertiary alicyclic amines) is 1. The smallest absolute Gasteiger partial charge is 0.337 e. The third-order valence-electron chi connectivity index (χ3n) is 5.95. The number of carbonyl (C=O) groups excluding carboxylic acids is 3. The van der Waals surface area contributed by atoms with E-state index in [4.69, 9.17) is 14.2 Å². The molecule has 0 bridgehead atoms. The predicted octanol–water partition coefficient (Wildman–Crippen LogP) is 3.51. The summed E-state index contributed by atoms with van der Waals surface area (Å²) in [4.78, 5) is 43.7. The minimum absolute atomic E-state index is 0.0768. The van der Waals surface area contributed by atoms with Crippen LogP contribution in [0.1, 0.15) is 33.1 Å². The number of hydrogen-bond donors (Lipinski definition) is 1. The first kappa shape index (κ1) is 24.5. The van der Waals surface area contributed by atoms with Crippen molar-refractivity contribution >= 4 is 23.4 Å². The Morgan fingerprint density at radius 3 is 2.17 bits per heavy atom. The van der Waals surface area contributed by atoms with Gasteiger partial charge in [-0.15, -0.1) is 0 Å². The molecule has 0 saturated carbocycles. The Morgan fingerprint density at radius 1 is 0.917 bits per heavy atom. The second-order valence-corrected chi connectivity index (χ2v) is 7.97. The molecule has 1 aliphatic rings. The van der Waals surface area contributed by atoms with E-state index in [9.17, 15) is 19.5 Å². The van der Waals surface area contributed by atoms with Gasteiger partial charge < -0.3 is 24.2 Å². The van der Waals surface area contributed by atoms with E-state index in [0.717, 1.165) is 5.56 Å². The van der Waals surface area contributed by atoms with E-state index in [1.807, 2.05) is 0 Å². The van der Waals surface area contributed by atoms with Gasteiger partial charge in [-0.2, -0.15) is 0 Å². The molecule has 1 fully saturated rings. The number of ether oxygens (including phenoxy) is 3. The normalized spacial score (nSPS) is 16.6. The number of methoxy groups -OCH3 is 3. The van der Waals surface area contributed by atoms with Crippen molar-refractivity contribution in [3.63, 3.8) is 0 Å². The number of nitrogens with zero attached hydrogens (tertiary/aromatic N) is 2. The van der Waals surface area contributed by atoms with Crippen molar-refractivity contribution < 1.29 is 33.7 Å². The number of pyridine rings is 1. The number of aliphatic hydroxyl groups is 1. The van der Waals surface area contributed by atoms with Gasteiger partial charge in [0.05, 0.1) is 38.5 Å². The molecule has 9 nitrogen and oxygen atoms in total. The maximum Gasteiger partial charge on any atom is 0.337 e. The number of amides is 1. The maximum atomic E-state index is 13.3. The largest absolute Gasteiger partial charge is 0.507 e. The number of ketones is 1. The first-order valence-corrected chi connectivity index (χ1v) is 11.0. The van der Waals surface area contributed by atoms with Gasteiger partial charge >= 0.3 is 5.97 Å². The summed E-state index contributed by atoms with van der Waals surface area (Å²) >= 11 is 0. The van der Waals surface area contributed by atoms with Crippen molar-refractivity contribution in [2.45, 2.75) is 12.6 Å². The molecule has 0 unspecified atom stereocenters. The lowest BCUT2D eigenvalue weighted by Crippen LogP contribution is -2.29. The highest BCUT2D eigenvalue weighted by Crippen LogP contribution is 2.41. The van der Waals surface area contributed by atoms with Gasteiger partial charge in [0.15, 0.2) is 11.5 Å². The van der Waals surface area contributed by atoms with Crippen LogP contribution >= 0.6 is 0 Å². The van der Waals surface area contributed by atoms with Gasteiger partial charge in [-0.3, -0.25) is 14.6 Å². The summed E-state index contributed by atoms with van der Waals surface area (Å²) in [7, 11) is 4.22. The molecule has 1 aromatic heterocycles. The highest BCUT2D eigenvalue weighted by atomic mass is 16.5. The zero-order valence-corrected chi connectivity index (χ0v) is 19.9. The van der Waals surface area contributed by atoms with Crippen LogP contribution in [0.25, 0.3) is 5.76 Å². The lowest BCUT2D eigenvalue weighted by molar-refractivity contribution is -0.140. The highest BCUT2D eigenvalue weighted by Gasteiger charge is 2.46. The first-order valence-electron chi connectivity index (χ1n) is 11.0. The Labute approximate surface area is 207 Å². The van der Waals surface area contributed by atoms with Gasteiger partial charge in [0.25, 0.3) is 11.7 Å². The van der Waals surface area contributed by atoms with Crippen molar-refractivity contribution in [2.75, 3.05) is 21.3 Å². The van der Waals surface area contributed by atoms with Gasteiger partial charge in [-0.1, -0.05) is 12.1 Å². The summed E-state index contributed by atoms with van der Waals surface area (Å²) in [5.41, 5.74) is 1.82. The molecular formula is C27H24N2O7. The number of benzene rings is 2. The van der Waals surface area contributed by atoms with E-state index in [0.29, 0.717) is 22.6 Å². The second-order valence-electron chi connectivity index (χ2n) is 7.97. The zero-order valence-electron chi connectivity index (χ0n) is 19.9. The Balaban J connectivity index is 1.86. The van der Waals surface area contributed by atoms with Crippen molar-refractivity contribution in [3.05, 3.63) is 94.8 Å². The molecule has 0 aliphatic carbocycles. The third kappa shape index (κ3) is 4.50. The molecule has 4 rings (SSSR count). The molecule has 1 amide bonds. The van der Waals surface area contributed by atoms with Crippen LogP contribution in [0.4, 0.5) is 0 Å². The molecule has 9 heteroatoms. The number of aromatic nitrogens is 1. The van der Waals surface area contributed by atoms with E-state index in [1.165, 1.54) is 32.3 Å². The van der Waals surface area contributed by atoms with E-state index in [-0.39, 0.29) is 23.4 Å². The fraction of sp³-hybridized carbons (Fsp3) is 0.185. The monoisotopic (exact) mass is 488 g/mol. The van der Waals surface area contributed by atoms with Crippen molar-refractivity contribution in [1.82, 2.24) is 9.88 Å². The van der Waals surface area contributed by atoms with Gasteiger partial charge in [-0.25, -0.2) is 4.79 Å². The van der Waals surface area contributed by atoms with Gasteiger partial charge in [0, 0.05) is 24.5 Å². The highest BCUT2D eigenvalue weighted by molar-refractivity contribution is 6.46. The van der Waals surface area contributed by atoms with Crippen LogP contribution in [-0.2, 0) is 20.9 Å². The van der Waals surface area contributed by atoms with Crippen LogP contribution < -0.4 is 9.47 Å². The summed E-state index contributed by atoms with van der Waals surface area (Å²) in [5.74, 6) is -1.64. The Morgan fingerprint density at radius 2 is 1.56 bits per heavy atom. The molecule has 1 saturated heterocycles. The molecule has 3 aromatic rings. The fourth-order valence-corrected chi connectivity index (χ4v) is 4.13. The SMILES string of the molecule is COC(=O)c1ccc([C@H]2C(=C(O)c3ccc(OC)c(OC)c3)C(=O)C(=O)N2Cc2ccncc2)cc1. The topological polar surface area (TPSA) is 115 Å².